The molecule has 0 spiro atoms. The van der Waals surface area contributed by atoms with Crippen molar-refractivity contribution in [1.82, 2.24) is 19.6 Å². The van der Waals surface area contributed by atoms with Gasteiger partial charge in [0.05, 0.1) is 0 Å². The zero-order valence-electron chi connectivity index (χ0n) is 7.10. The molecule has 0 atom stereocenters. The molecule has 2 heterocycles. The summed E-state index contributed by atoms with van der Waals surface area (Å²) in [5.74, 6) is 0.401. The van der Waals surface area contributed by atoms with Crippen molar-refractivity contribution in [2.24, 2.45) is 0 Å². The van der Waals surface area contributed by atoms with Crippen LogP contribution < -0.4 is 0 Å². The highest BCUT2D eigenvalue weighted by atomic mass is 35.5. The molecule has 0 saturated carbocycles. The second-order valence-corrected chi connectivity index (χ2v) is 3.52. The van der Waals surface area contributed by atoms with Gasteiger partial charge in [0, 0.05) is 0 Å². The minimum absolute atomic E-state index is 0.249. The van der Waals surface area contributed by atoms with Crippen LogP contribution in [0.15, 0.2) is 11.4 Å². The maximum Gasteiger partial charge on any atom is 0.254 e. The molecule has 0 fully saturated rings. The van der Waals surface area contributed by atoms with Crippen LogP contribution in [0.2, 0.25) is 5.15 Å². The Kier molecular flexibility index (Phi) is 2.27. The summed E-state index contributed by atoms with van der Waals surface area (Å²) in [7, 11) is 0. The molecule has 0 aliphatic rings. The molecule has 2 aromatic heterocycles. The molecule has 2 aromatic rings. The summed E-state index contributed by atoms with van der Waals surface area (Å²) in [4.78, 5) is 8.03. The summed E-state index contributed by atoms with van der Waals surface area (Å²) < 4.78 is 1.33. The first kappa shape index (κ1) is 9.24. The fourth-order valence-corrected chi connectivity index (χ4v) is 1.86. The van der Waals surface area contributed by atoms with Gasteiger partial charge in [-0.05, 0) is 6.26 Å². The maximum atomic E-state index is 8.88. The van der Waals surface area contributed by atoms with Gasteiger partial charge in [0.15, 0.2) is 5.15 Å². The molecule has 7 heteroatoms. The molecule has 0 aliphatic heterocycles. The SMILES string of the molecule is CSc1nc2ncnn2c(Cl)c1C#N. The normalized spacial score (nSPS) is 10.4. The average molecular weight is 226 g/mol. The third-order valence-electron chi connectivity index (χ3n) is 1.64. The van der Waals surface area contributed by atoms with Crippen LogP contribution in [-0.2, 0) is 0 Å². The number of nitrogens with zero attached hydrogens (tertiary/aromatic N) is 5. The van der Waals surface area contributed by atoms with Crippen LogP contribution in [0.25, 0.3) is 5.78 Å². The van der Waals surface area contributed by atoms with Crippen molar-refractivity contribution in [1.29, 1.82) is 5.26 Å². The Morgan fingerprint density at radius 1 is 1.64 bits per heavy atom. The van der Waals surface area contributed by atoms with Crippen molar-refractivity contribution in [3.8, 4) is 6.07 Å². The minimum atomic E-state index is 0.249. The third-order valence-corrected chi connectivity index (χ3v) is 2.67. The van der Waals surface area contributed by atoms with E-state index in [-0.39, 0.29) is 5.15 Å². The molecule has 0 saturated heterocycles. The van der Waals surface area contributed by atoms with Crippen LogP contribution >= 0.6 is 23.4 Å². The molecule has 2 rings (SSSR count). The first-order chi connectivity index (χ1) is 6.77. The number of thioether (sulfide) groups is 1. The first-order valence-electron chi connectivity index (χ1n) is 3.61. The van der Waals surface area contributed by atoms with E-state index in [9.17, 15) is 0 Å². The Morgan fingerprint density at radius 3 is 3.07 bits per heavy atom. The molecule has 0 N–H and O–H groups in total. The average Bonchev–Trinajstić information content (AvgIpc) is 2.65. The summed E-state index contributed by atoms with van der Waals surface area (Å²) in [5.41, 5.74) is 0.331. The van der Waals surface area contributed by atoms with E-state index in [1.807, 2.05) is 12.3 Å². The van der Waals surface area contributed by atoms with E-state index >= 15 is 0 Å². The summed E-state index contributed by atoms with van der Waals surface area (Å²) in [6.07, 6.45) is 3.17. The predicted octanol–water partition coefficient (Wildman–Crippen LogP) is 1.37. The van der Waals surface area contributed by atoms with Gasteiger partial charge in [-0.3, -0.25) is 0 Å². The highest BCUT2D eigenvalue weighted by Crippen LogP contribution is 2.24. The number of fused-ring (bicyclic) bond motifs is 1. The molecular weight excluding hydrogens is 222 g/mol. The van der Waals surface area contributed by atoms with E-state index in [1.165, 1.54) is 22.6 Å². The van der Waals surface area contributed by atoms with Gasteiger partial charge in [0.25, 0.3) is 5.78 Å². The lowest BCUT2D eigenvalue weighted by Crippen LogP contribution is -1.98. The Morgan fingerprint density at radius 2 is 2.43 bits per heavy atom. The van der Waals surface area contributed by atoms with Gasteiger partial charge >= 0.3 is 0 Å². The van der Waals surface area contributed by atoms with E-state index in [1.54, 1.807) is 0 Å². The molecule has 0 aliphatic carbocycles. The fraction of sp³-hybridized carbons (Fsp3) is 0.143. The monoisotopic (exact) mass is 225 g/mol. The van der Waals surface area contributed by atoms with Crippen LogP contribution in [0.3, 0.4) is 0 Å². The zero-order valence-corrected chi connectivity index (χ0v) is 8.67. The Labute approximate surface area is 88.7 Å². The van der Waals surface area contributed by atoms with Crippen LogP contribution in [0.1, 0.15) is 5.56 Å². The second-order valence-electron chi connectivity index (χ2n) is 2.37. The molecule has 0 amide bonds. The van der Waals surface area contributed by atoms with Gasteiger partial charge < -0.3 is 0 Å². The van der Waals surface area contributed by atoms with Gasteiger partial charge in [-0.1, -0.05) is 11.6 Å². The lowest BCUT2D eigenvalue weighted by molar-refractivity contribution is 0.907. The van der Waals surface area contributed by atoms with Crippen molar-refractivity contribution in [2.75, 3.05) is 6.26 Å². The zero-order chi connectivity index (χ0) is 10.1. The first-order valence-corrected chi connectivity index (χ1v) is 5.21. The van der Waals surface area contributed by atoms with E-state index in [0.717, 1.165) is 0 Å². The van der Waals surface area contributed by atoms with Gasteiger partial charge in [0.2, 0.25) is 0 Å². The van der Waals surface area contributed by atoms with Crippen LogP contribution in [0, 0.1) is 11.3 Å². The van der Waals surface area contributed by atoms with E-state index in [0.29, 0.717) is 16.4 Å². The molecule has 0 radical (unpaired) electrons. The lowest BCUT2D eigenvalue weighted by Gasteiger charge is -2.02. The van der Waals surface area contributed by atoms with Gasteiger partial charge in [0.1, 0.15) is 23.0 Å². The summed E-state index contributed by atoms with van der Waals surface area (Å²) in [5, 5.41) is 13.5. The quantitative estimate of drug-likeness (QED) is 0.542. The summed E-state index contributed by atoms with van der Waals surface area (Å²) in [6, 6.07) is 1.99. The Bertz CT molecular complexity index is 529. The largest absolute Gasteiger partial charge is 0.254 e. The van der Waals surface area contributed by atoms with Crippen LogP contribution in [-0.4, -0.2) is 25.8 Å². The van der Waals surface area contributed by atoms with Crippen molar-refractivity contribution >= 4 is 29.1 Å². The van der Waals surface area contributed by atoms with Crippen molar-refractivity contribution in [3.63, 3.8) is 0 Å². The number of nitriles is 1. The maximum absolute atomic E-state index is 8.88. The van der Waals surface area contributed by atoms with E-state index < -0.39 is 0 Å². The number of hydrogen-bond acceptors (Lipinski definition) is 5. The molecule has 5 nitrogen and oxygen atoms in total. The van der Waals surface area contributed by atoms with Crippen molar-refractivity contribution < 1.29 is 0 Å². The highest BCUT2D eigenvalue weighted by molar-refractivity contribution is 7.98. The molecule has 0 bridgehead atoms. The molecule has 14 heavy (non-hydrogen) atoms. The van der Waals surface area contributed by atoms with Crippen LogP contribution in [0.4, 0.5) is 0 Å². The van der Waals surface area contributed by atoms with Gasteiger partial charge in [-0.2, -0.15) is 19.9 Å². The predicted molar refractivity (Wildman–Crippen MR) is 52.3 cm³/mol. The van der Waals surface area contributed by atoms with Crippen LogP contribution in [0.5, 0.6) is 0 Å². The number of hydrogen-bond donors (Lipinski definition) is 0. The Hall–Kier alpha value is -1.32. The van der Waals surface area contributed by atoms with E-state index in [4.69, 9.17) is 16.9 Å². The van der Waals surface area contributed by atoms with Crippen molar-refractivity contribution in [2.45, 2.75) is 5.03 Å². The van der Waals surface area contributed by atoms with Gasteiger partial charge in [-0.15, -0.1) is 11.8 Å². The summed E-state index contributed by atoms with van der Waals surface area (Å²) >= 11 is 7.30. The standard InChI is InChI=1S/C7H4ClN5S/c1-14-6-4(2-9)5(8)13-7(12-6)10-3-11-13/h3H,1H3. The molecular formula is C7H4ClN5S. The lowest BCUT2D eigenvalue weighted by atomic mass is 10.4. The molecule has 0 aromatic carbocycles. The highest BCUT2D eigenvalue weighted by Gasteiger charge is 2.13. The molecule has 0 unspecified atom stereocenters. The van der Waals surface area contributed by atoms with Crippen molar-refractivity contribution in [3.05, 3.63) is 17.0 Å². The Balaban J connectivity index is 2.88. The molecule has 70 valence electrons. The number of halogens is 1. The van der Waals surface area contributed by atoms with E-state index in [2.05, 4.69) is 15.1 Å². The third kappa shape index (κ3) is 1.22. The topological polar surface area (TPSA) is 66.9 Å². The summed E-state index contributed by atoms with van der Waals surface area (Å²) in [6.45, 7) is 0. The minimum Gasteiger partial charge on any atom is -0.203 e. The second kappa shape index (κ2) is 3.44. The fourth-order valence-electron chi connectivity index (χ4n) is 1.03. The number of rotatable bonds is 1. The van der Waals surface area contributed by atoms with Gasteiger partial charge in [-0.25, -0.2) is 4.98 Å². The smallest absolute Gasteiger partial charge is 0.203 e. The number of aromatic nitrogens is 4.